The van der Waals surface area contributed by atoms with Crippen LogP contribution in [-0.4, -0.2) is 22.4 Å². The molecule has 74 valence electrons. The van der Waals surface area contributed by atoms with Gasteiger partial charge in [0.15, 0.2) is 0 Å². The van der Waals surface area contributed by atoms with Crippen molar-refractivity contribution in [1.82, 2.24) is 0 Å². The van der Waals surface area contributed by atoms with Crippen molar-refractivity contribution in [3.63, 3.8) is 0 Å². The average molecular weight is 182 g/mol. The minimum Gasteiger partial charge on any atom is -0.390 e. The number of aliphatic hydroxyl groups is 1. The summed E-state index contributed by atoms with van der Waals surface area (Å²) in [6.45, 7) is 4.08. The molecule has 13 heavy (non-hydrogen) atoms. The summed E-state index contributed by atoms with van der Waals surface area (Å²) in [7, 11) is 0. The van der Waals surface area contributed by atoms with Gasteiger partial charge in [-0.2, -0.15) is 0 Å². The van der Waals surface area contributed by atoms with Gasteiger partial charge in [-0.25, -0.2) is 0 Å². The van der Waals surface area contributed by atoms with Gasteiger partial charge in [0.2, 0.25) is 0 Å². The van der Waals surface area contributed by atoms with Crippen molar-refractivity contribution in [1.29, 1.82) is 0 Å². The topological polar surface area (TPSA) is 29.5 Å². The first-order valence-electron chi connectivity index (χ1n) is 5.13. The highest BCUT2D eigenvalue weighted by molar-refractivity contribution is 5.19. The van der Waals surface area contributed by atoms with E-state index in [2.05, 4.69) is 12.2 Å². The molecule has 0 aromatic heterocycles. The van der Waals surface area contributed by atoms with Crippen molar-refractivity contribution in [2.45, 2.75) is 56.8 Å². The Kier molecular flexibility index (Phi) is 2.00. The van der Waals surface area contributed by atoms with E-state index in [0.29, 0.717) is 0 Å². The molecule has 2 heteroatoms. The second-order valence-electron chi connectivity index (χ2n) is 4.76. The quantitative estimate of drug-likeness (QED) is 0.581. The molecule has 0 radical (unpaired) electrons. The van der Waals surface area contributed by atoms with Crippen LogP contribution < -0.4 is 0 Å². The van der Waals surface area contributed by atoms with Crippen LogP contribution in [0.15, 0.2) is 12.2 Å². The third kappa shape index (κ3) is 1.53. The smallest absolute Gasteiger partial charge is 0.113 e. The van der Waals surface area contributed by atoms with Crippen molar-refractivity contribution in [2.24, 2.45) is 0 Å². The van der Waals surface area contributed by atoms with Gasteiger partial charge in [0.05, 0.1) is 11.7 Å². The Morgan fingerprint density at radius 3 is 2.62 bits per heavy atom. The van der Waals surface area contributed by atoms with Crippen LogP contribution in [0.2, 0.25) is 0 Å². The molecule has 0 aromatic rings. The van der Waals surface area contributed by atoms with Gasteiger partial charge in [0.1, 0.15) is 5.60 Å². The number of ether oxygens (including phenoxy) is 1. The molecule has 1 spiro atoms. The molecular formula is C11H18O2. The van der Waals surface area contributed by atoms with Crippen molar-refractivity contribution >= 4 is 0 Å². The number of hydrogen-bond acceptors (Lipinski definition) is 2. The molecule has 1 fully saturated rings. The molecule has 1 N–H and O–H groups in total. The lowest BCUT2D eigenvalue weighted by Gasteiger charge is -2.39. The van der Waals surface area contributed by atoms with E-state index in [1.54, 1.807) is 0 Å². The first-order valence-corrected chi connectivity index (χ1v) is 5.13. The minimum atomic E-state index is -0.359. The first-order chi connectivity index (χ1) is 6.04. The van der Waals surface area contributed by atoms with Gasteiger partial charge in [-0.3, -0.25) is 0 Å². The molecule has 1 saturated carbocycles. The SMILES string of the molecule is CC1(C)C=CC2(CCCCC2O)O1. The molecule has 2 rings (SSSR count). The minimum absolute atomic E-state index is 0.196. The Hall–Kier alpha value is -0.340. The van der Waals surface area contributed by atoms with Crippen molar-refractivity contribution in [3.8, 4) is 0 Å². The van der Waals surface area contributed by atoms with Gasteiger partial charge >= 0.3 is 0 Å². The van der Waals surface area contributed by atoms with Crippen molar-refractivity contribution in [2.75, 3.05) is 0 Å². The van der Waals surface area contributed by atoms with E-state index in [4.69, 9.17) is 4.74 Å². The predicted octanol–water partition coefficient (Wildman–Crippen LogP) is 2.03. The summed E-state index contributed by atoms with van der Waals surface area (Å²) in [5.74, 6) is 0. The standard InChI is InChI=1S/C11H18O2/c1-10(2)7-8-11(13-10)6-4-3-5-9(11)12/h7-9,12H,3-6H2,1-2H3. The van der Waals surface area contributed by atoms with Crippen LogP contribution in [-0.2, 0) is 4.74 Å². The highest BCUT2D eigenvalue weighted by atomic mass is 16.5. The average Bonchev–Trinajstić information content (AvgIpc) is 2.35. The van der Waals surface area contributed by atoms with E-state index < -0.39 is 0 Å². The molecular weight excluding hydrogens is 164 g/mol. The van der Waals surface area contributed by atoms with Gasteiger partial charge in [-0.1, -0.05) is 25.0 Å². The van der Waals surface area contributed by atoms with Crippen LogP contribution in [0.4, 0.5) is 0 Å². The highest BCUT2D eigenvalue weighted by Gasteiger charge is 2.45. The lowest BCUT2D eigenvalue weighted by Crippen LogP contribution is -2.46. The molecule has 2 aliphatic rings. The summed E-state index contributed by atoms with van der Waals surface area (Å²) in [5.41, 5.74) is -0.555. The van der Waals surface area contributed by atoms with Gasteiger partial charge < -0.3 is 9.84 Å². The molecule has 0 aromatic carbocycles. The normalized spacial score (nSPS) is 42.8. The van der Waals surface area contributed by atoms with E-state index in [1.807, 2.05) is 13.8 Å². The Morgan fingerprint density at radius 1 is 1.31 bits per heavy atom. The Balaban J connectivity index is 2.18. The second-order valence-corrected chi connectivity index (χ2v) is 4.76. The monoisotopic (exact) mass is 182 g/mol. The van der Waals surface area contributed by atoms with Crippen molar-refractivity contribution < 1.29 is 9.84 Å². The van der Waals surface area contributed by atoms with Crippen LogP contribution in [0.1, 0.15) is 39.5 Å². The summed E-state index contributed by atoms with van der Waals surface area (Å²) in [5, 5.41) is 9.92. The maximum absolute atomic E-state index is 9.92. The molecule has 2 atom stereocenters. The van der Waals surface area contributed by atoms with Crippen LogP contribution in [0, 0.1) is 0 Å². The summed E-state index contributed by atoms with van der Waals surface area (Å²) in [6, 6.07) is 0. The van der Waals surface area contributed by atoms with E-state index in [1.165, 1.54) is 0 Å². The van der Waals surface area contributed by atoms with E-state index in [-0.39, 0.29) is 17.3 Å². The van der Waals surface area contributed by atoms with Gasteiger partial charge in [-0.05, 0) is 26.7 Å². The van der Waals surface area contributed by atoms with Crippen molar-refractivity contribution in [3.05, 3.63) is 12.2 Å². The van der Waals surface area contributed by atoms with Crippen LogP contribution in [0.25, 0.3) is 0 Å². The van der Waals surface area contributed by atoms with Crippen LogP contribution in [0.3, 0.4) is 0 Å². The summed E-state index contributed by atoms with van der Waals surface area (Å²) >= 11 is 0. The Labute approximate surface area is 79.6 Å². The summed E-state index contributed by atoms with van der Waals surface area (Å²) in [6.07, 6.45) is 7.96. The zero-order valence-corrected chi connectivity index (χ0v) is 8.42. The fourth-order valence-corrected chi connectivity index (χ4v) is 2.36. The highest BCUT2D eigenvalue weighted by Crippen LogP contribution is 2.41. The first kappa shape index (κ1) is 9.22. The molecule has 2 unspecified atom stereocenters. The predicted molar refractivity (Wildman–Crippen MR) is 51.5 cm³/mol. The van der Waals surface area contributed by atoms with Crippen LogP contribution >= 0.6 is 0 Å². The molecule has 2 nitrogen and oxygen atoms in total. The summed E-state index contributed by atoms with van der Waals surface area (Å²) in [4.78, 5) is 0. The van der Waals surface area contributed by atoms with Gasteiger partial charge in [0, 0.05) is 0 Å². The third-order valence-electron chi connectivity index (χ3n) is 3.08. The fourth-order valence-electron chi connectivity index (χ4n) is 2.36. The lowest BCUT2D eigenvalue weighted by molar-refractivity contribution is -0.145. The van der Waals surface area contributed by atoms with E-state index in [9.17, 15) is 5.11 Å². The Bertz CT molecular complexity index is 232. The molecule has 0 bridgehead atoms. The Morgan fingerprint density at radius 2 is 2.08 bits per heavy atom. The summed E-state index contributed by atoms with van der Waals surface area (Å²) < 4.78 is 5.93. The molecule has 0 saturated heterocycles. The zero-order valence-electron chi connectivity index (χ0n) is 8.42. The molecule has 1 aliphatic heterocycles. The maximum Gasteiger partial charge on any atom is 0.113 e. The third-order valence-corrected chi connectivity index (χ3v) is 3.08. The second kappa shape index (κ2) is 2.82. The lowest BCUT2D eigenvalue weighted by atomic mass is 9.82. The number of rotatable bonds is 0. The van der Waals surface area contributed by atoms with E-state index in [0.717, 1.165) is 25.7 Å². The van der Waals surface area contributed by atoms with Gasteiger partial charge in [-0.15, -0.1) is 0 Å². The molecule has 1 heterocycles. The molecule has 1 aliphatic carbocycles. The van der Waals surface area contributed by atoms with Crippen LogP contribution in [0.5, 0.6) is 0 Å². The largest absolute Gasteiger partial charge is 0.390 e. The molecule has 0 amide bonds. The fraction of sp³-hybridized carbons (Fsp3) is 0.818. The maximum atomic E-state index is 9.92. The van der Waals surface area contributed by atoms with E-state index >= 15 is 0 Å². The van der Waals surface area contributed by atoms with Gasteiger partial charge in [0.25, 0.3) is 0 Å². The number of hydrogen-bond donors (Lipinski definition) is 1. The zero-order chi connectivity index (χ0) is 9.53. The number of aliphatic hydroxyl groups excluding tert-OH is 1.